The van der Waals surface area contributed by atoms with Crippen LogP contribution in [0.1, 0.15) is 27.3 Å². The zero-order chi connectivity index (χ0) is 19.7. The van der Waals surface area contributed by atoms with E-state index < -0.39 is 0 Å². The normalized spacial score (nSPS) is 14.4. The van der Waals surface area contributed by atoms with Gasteiger partial charge in [-0.05, 0) is 50.1 Å². The molecule has 3 aromatic rings. The topological polar surface area (TPSA) is 80.0 Å². The number of nitrogens with zero attached hydrogens (tertiary/aromatic N) is 7. The molecule has 0 radical (unpaired) electrons. The highest BCUT2D eigenvalue weighted by atomic mass is 16.2. The molecule has 8 heteroatoms. The molecular formula is C20H23N7O. The number of aryl methyl sites for hydroxylation is 2. The third kappa shape index (κ3) is 3.45. The van der Waals surface area contributed by atoms with Crippen molar-refractivity contribution >= 4 is 11.9 Å². The van der Waals surface area contributed by atoms with Crippen molar-refractivity contribution < 1.29 is 4.79 Å². The first-order chi connectivity index (χ1) is 13.5. The zero-order valence-electron chi connectivity index (χ0n) is 16.3. The maximum absolute atomic E-state index is 13.0. The lowest BCUT2D eigenvalue weighted by Gasteiger charge is -2.34. The molecule has 0 aliphatic carbocycles. The van der Waals surface area contributed by atoms with Gasteiger partial charge in [-0.15, -0.1) is 5.10 Å². The van der Waals surface area contributed by atoms with Gasteiger partial charge in [0.05, 0.1) is 11.4 Å². The number of piperazine rings is 1. The highest BCUT2D eigenvalue weighted by molar-refractivity contribution is 5.93. The molecule has 1 aromatic carbocycles. The summed E-state index contributed by atoms with van der Waals surface area (Å²) in [4.78, 5) is 25.5. The van der Waals surface area contributed by atoms with Crippen molar-refractivity contribution in [3.05, 3.63) is 59.2 Å². The smallest absolute Gasteiger partial charge is 0.276 e. The maximum Gasteiger partial charge on any atom is 0.276 e. The average molecular weight is 377 g/mol. The van der Waals surface area contributed by atoms with Gasteiger partial charge >= 0.3 is 0 Å². The summed E-state index contributed by atoms with van der Waals surface area (Å²) in [5.74, 6) is 0.619. The van der Waals surface area contributed by atoms with Gasteiger partial charge in [-0.2, -0.15) is 0 Å². The van der Waals surface area contributed by atoms with E-state index in [4.69, 9.17) is 0 Å². The molecule has 1 aliphatic heterocycles. The molecule has 8 nitrogen and oxygen atoms in total. The van der Waals surface area contributed by atoms with Crippen LogP contribution >= 0.6 is 0 Å². The number of amides is 1. The Morgan fingerprint density at radius 1 is 0.929 bits per heavy atom. The Kier molecular flexibility index (Phi) is 4.77. The summed E-state index contributed by atoms with van der Waals surface area (Å²) in [6.07, 6.45) is 3.46. The summed E-state index contributed by atoms with van der Waals surface area (Å²) in [7, 11) is 0. The predicted octanol–water partition coefficient (Wildman–Crippen LogP) is 1.94. The number of anilines is 1. The van der Waals surface area contributed by atoms with Gasteiger partial charge in [0.1, 0.15) is 0 Å². The van der Waals surface area contributed by atoms with Crippen LogP contribution in [0.4, 0.5) is 5.95 Å². The molecule has 2 aromatic heterocycles. The fourth-order valence-electron chi connectivity index (χ4n) is 3.56. The van der Waals surface area contributed by atoms with Gasteiger partial charge in [0.25, 0.3) is 5.91 Å². The van der Waals surface area contributed by atoms with Crippen LogP contribution in [0.5, 0.6) is 0 Å². The maximum atomic E-state index is 13.0. The zero-order valence-corrected chi connectivity index (χ0v) is 16.3. The molecule has 1 saturated heterocycles. The lowest BCUT2D eigenvalue weighted by Crippen LogP contribution is -2.49. The van der Waals surface area contributed by atoms with E-state index in [1.54, 1.807) is 23.1 Å². The Bertz CT molecular complexity index is 971. The van der Waals surface area contributed by atoms with Gasteiger partial charge in [0.15, 0.2) is 5.69 Å². The molecule has 1 aliphatic rings. The molecule has 0 saturated carbocycles. The van der Waals surface area contributed by atoms with Gasteiger partial charge < -0.3 is 9.80 Å². The molecule has 0 spiro atoms. The fraction of sp³-hybridized carbons (Fsp3) is 0.350. The van der Waals surface area contributed by atoms with Crippen molar-refractivity contribution in [2.45, 2.75) is 20.8 Å². The fourth-order valence-corrected chi connectivity index (χ4v) is 3.56. The summed E-state index contributed by atoms with van der Waals surface area (Å²) in [5, 5.41) is 8.42. The van der Waals surface area contributed by atoms with Crippen LogP contribution in [-0.2, 0) is 0 Å². The summed E-state index contributed by atoms with van der Waals surface area (Å²) >= 11 is 0. The highest BCUT2D eigenvalue weighted by Gasteiger charge is 2.27. The van der Waals surface area contributed by atoms with E-state index in [0.717, 1.165) is 22.5 Å². The molecule has 1 amide bonds. The van der Waals surface area contributed by atoms with Crippen LogP contribution in [0.2, 0.25) is 0 Å². The molecule has 0 bridgehead atoms. The van der Waals surface area contributed by atoms with Crippen LogP contribution in [0, 0.1) is 20.8 Å². The lowest BCUT2D eigenvalue weighted by atomic mass is 10.1. The first kappa shape index (κ1) is 18.1. The third-order valence-corrected chi connectivity index (χ3v) is 4.95. The summed E-state index contributed by atoms with van der Waals surface area (Å²) in [6, 6.07) is 7.99. The third-order valence-electron chi connectivity index (χ3n) is 4.95. The van der Waals surface area contributed by atoms with Crippen molar-refractivity contribution in [3.63, 3.8) is 0 Å². The molecule has 3 heterocycles. The van der Waals surface area contributed by atoms with Crippen molar-refractivity contribution in [1.29, 1.82) is 0 Å². The van der Waals surface area contributed by atoms with Gasteiger partial charge in [-0.25, -0.2) is 14.6 Å². The second-order valence-electron chi connectivity index (χ2n) is 7.11. The number of rotatable bonds is 3. The van der Waals surface area contributed by atoms with E-state index in [0.29, 0.717) is 37.8 Å². The molecule has 0 atom stereocenters. The minimum absolute atomic E-state index is 0.0817. The molecule has 0 N–H and O–H groups in total. The minimum Gasteiger partial charge on any atom is -0.337 e. The van der Waals surface area contributed by atoms with E-state index in [-0.39, 0.29) is 5.91 Å². The van der Waals surface area contributed by atoms with E-state index in [1.165, 1.54) is 0 Å². The van der Waals surface area contributed by atoms with E-state index in [1.807, 2.05) is 37.8 Å². The number of carbonyl (C=O) groups is 1. The first-order valence-electron chi connectivity index (χ1n) is 9.35. The Labute approximate surface area is 163 Å². The molecule has 28 heavy (non-hydrogen) atoms. The lowest BCUT2D eigenvalue weighted by molar-refractivity contribution is 0.0739. The van der Waals surface area contributed by atoms with Crippen LogP contribution in [0.25, 0.3) is 5.69 Å². The van der Waals surface area contributed by atoms with Crippen LogP contribution in [0.15, 0.2) is 36.7 Å². The van der Waals surface area contributed by atoms with Gasteiger partial charge in [0, 0.05) is 38.6 Å². The second-order valence-corrected chi connectivity index (χ2v) is 7.11. The Hall–Kier alpha value is -3.29. The second kappa shape index (κ2) is 7.38. The van der Waals surface area contributed by atoms with Crippen molar-refractivity contribution in [2.75, 3.05) is 31.1 Å². The molecule has 1 fully saturated rings. The summed E-state index contributed by atoms with van der Waals surface area (Å²) in [6.45, 7) is 8.58. The monoisotopic (exact) mass is 377 g/mol. The largest absolute Gasteiger partial charge is 0.337 e. The molecule has 0 unspecified atom stereocenters. The standard InChI is InChI=1S/C20H23N7O/c1-14-11-15(2)13-17(12-14)27-16(3)18(23-24-27)19(28)25-7-9-26(10-8-25)20-21-5-4-6-22-20/h4-6,11-13H,7-10H2,1-3H3. The predicted molar refractivity (Wildman–Crippen MR) is 106 cm³/mol. The van der Waals surface area contributed by atoms with Gasteiger partial charge in [0.2, 0.25) is 5.95 Å². The number of hydrogen-bond acceptors (Lipinski definition) is 6. The van der Waals surface area contributed by atoms with E-state index in [2.05, 4.69) is 31.2 Å². The Morgan fingerprint density at radius 2 is 1.57 bits per heavy atom. The summed E-state index contributed by atoms with van der Waals surface area (Å²) < 4.78 is 1.74. The van der Waals surface area contributed by atoms with Crippen LogP contribution in [0.3, 0.4) is 0 Å². The molecule has 4 rings (SSSR count). The number of carbonyl (C=O) groups excluding carboxylic acids is 1. The van der Waals surface area contributed by atoms with Gasteiger partial charge in [-0.3, -0.25) is 4.79 Å². The van der Waals surface area contributed by atoms with E-state index in [9.17, 15) is 4.79 Å². The Balaban J connectivity index is 1.50. The minimum atomic E-state index is -0.0817. The molecular weight excluding hydrogens is 354 g/mol. The Morgan fingerprint density at radius 3 is 2.21 bits per heavy atom. The van der Waals surface area contributed by atoms with E-state index >= 15 is 0 Å². The van der Waals surface area contributed by atoms with Crippen molar-refractivity contribution in [1.82, 2.24) is 29.9 Å². The number of benzene rings is 1. The number of aromatic nitrogens is 5. The van der Waals surface area contributed by atoms with Crippen molar-refractivity contribution in [2.24, 2.45) is 0 Å². The summed E-state index contributed by atoms with van der Waals surface area (Å²) in [5.41, 5.74) is 4.38. The van der Waals surface area contributed by atoms with Crippen LogP contribution in [-0.4, -0.2) is 61.9 Å². The average Bonchev–Trinajstić information content (AvgIpc) is 3.09. The molecule has 144 valence electrons. The SMILES string of the molecule is Cc1cc(C)cc(-n2nnc(C(=O)N3CCN(c4ncccn4)CC3)c2C)c1. The number of hydrogen-bond donors (Lipinski definition) is 0. The highest BCUT2D eigenvalue weighted by Crippen LogP contribution is 2.18. The van der Waals surface area contributed by atoms with Gasteiger partial charge in [-0.1, -0.05) is 11.3 Å². The quantitative estimate of drug-likeness (QED) is 0.694. The van der Waals surface area contributed by atoms with Crippen molar-refractivity contribution in [3.8, 4) is 5.69 Å². The first-order valence-corrected chi connectivity index (χ1v) is 9.35. The van der Waals surface area contributed by atoms with Crippen LogP contribution < -0.4 is 4.90 Å².